The molecule has 1 aromatic heterocycles. The molecule has 1 amide bonds. The summed E-state index contributed by atoms with van der Waals surface area (Å²) < 4.78 is 6.85. The van der Waals surface area contributed by atoms with Gasteiger partial charge in [0.2, 0.25) is 5.91 Å². The Labute approximate surface area is 127 Å². The first-order valence-electron chi connectivity index (χ1n) is 6.52. The zero-order valence-electron chi connectivity index (χ0n) is 13.0. The zero-order chi connectivity index (χ0) is 16.9. The van der Waals surface area contributed by atoms with Crippen LogP contribution in [-0.2, 0) is 23.6 Å². The first-order chi connectivity index (χ1) is 10.3. The van der Waals surface area contributed by atoms with E-state index in [2.05, 4.69) is 5.32 Å². The maximum atomic E-state index is 12.0. The van der Waals surface area contributed by atoms with Crippen LogP contribution in [0.1, 0.15) is 5.56 Å². The van der Waals surface area contributed by atoms with E-state index in [0.29, 0.717) is 13.2 Å². The summed E-state index contributed by atoms with van der Waals surface area (Å²) in [5.74, 6) is -0.200. The van der Waals surface area contributed by atoms with Gasteiger partial charge in [0, 0.05) is 34.8 Å². The van der Waals surface area contributed by atoms with E-state index >= 15 is 0 Å². The van der Waals surface area contributed by atoms with Crippen LogP contribution in [0.25, 0.3) is 0 Å². The summed E-state index contributed by atoms with van der Waals surface area (Å²) in [4.78, 5) is 37.1. The number of rotatable bonds is 6. The molecule has 0 aromatic carbocycles. The summed E-state index contributed by atoms with van der Waals surface area (Å²) in [5.41, 5.74) is -1.44. The summed E-state index contributed by atoms with van der Waals surface area (Å²) in [6.45, 7) is 0.631. The Bertz CT molecular complexity index is 713. The minimum atomic E-state index is -0.688. The number of carbonyl (C=O) groups excluding carboxylic acids is 1. The molecule has 0 aliphatic rings. The Hall–Kier alpha value is -2.60. The number of amides is 1. The average Bonchev–Trinajstić information content (AvgIpc) is 2.48. The van der Waals surface area contributed by atoms with Gasteiger partial charge in [-0.3, -0.25) is 18.7 Å². The quantitative estimate of drug-likeness (QED) is 0.618. The second kappa shape index (κ2) is 7.42. The highest BCUT2D eigenvalue weighted by atomic mass is 16.5. The van der Waals surface area contributed by atoms with Crippen LogP contribution < -0.4 is 21.5 Å². The fourth-order valence-electron chi connectivity index (χ4n) is 2.02. The Morgan fingerprint density at radius 2 is 2.00 bits per heavy atom. The number of anilines is 1. The highest BCUT2D eigenvalue weighted by molar-refractivity contribution is 5.81. The topological polar surface area (TPSA) is 109 Å². The fourth-order valence-corrected chi connectivity index (χ4v) is 2.02. The Balaban J connectivity index is 3.11. The van der Waals surface area contributed by atoms with Gasteiger partial charge in [-0.05, 0) is 0 Å². The van der Waals surface area contributed by atoms with E-state index in [-0.39, 0.29) is 23.8 Å². The predicted octanol–water partition coefficient (Wildman–Crippen LogP) is -1.85. The summed E-state index contributed by atoms with van der Waals surface area (Å²) in [7, 11) is 5.79. The van der Waals surface area contributed by atoms with Crippen molar-refractivity contribution < 1.29 is 9.53 Å². The maximum Gasteiger partial charge on any atom is 0.332 e. The average molecular weight is 309 g/mol. The molecule has 0 bridgehead atoms. The number of hydrogen-bond donors (Lipinski definition) is 1. The fraction of sp³-hybridized carbons (Fsp3) is 0.538. The van der Waals surface area contributed by atoms with Crippen molar-refractivity contribution in [2.24, 2.45) is 14.1 Å². The van der Waals surface area contributed by atoms with E-state index < -0.39 is 11.2 Å². The van der Waals surface area contributed by atoms with Gasteiger partial charge in [-0.2, -0.15) is 5.26 Å². The third-order valence-corrected chi connectivity index (χ3v) is 3.12. The van der Waals surface area contributed by atoms with Gasteiger partial charge in [-0.15, -0.1) is 0 Å². The zero-order valence-corrected chi connectivity index (χ0v) is 13.0. The van der Waals surface area contributed by atoms with Gasteiger partial charge >= 0.3 is 5.69 Å². The monoisotopic (exact) mass is 309 g/mol. The molecule has 0 aliphatic carbocycles. The molecule has 0 radical (unpaired) electrons. The van der Waals surface area contributed by atoms with Crippen molar-refractivity contribution in [3.8, 4) is 6.07 Å². The standard InChI is InChI=1S/C13H19N5O4/c1-16(8-10(19)15-5-6-22-4)11-9(7-14)12(20)18(3)13(21)17(11)2/h5-6,8H2,1-4H3,(H,15,19). The van der Waals surface area contributed by atoms with Crippen molar-refractivity contribution in [3.63, 3.8) is 0 Å². The number of carbonyl (C=O) groups is 1. The molecule has 0 spiro atoms. The largest absolute Gasteiger partial charge is 0.383 e. The minimum Gasteiger partial charge on any atom is -0.383 e. The number of nitrogens with one attached hydrogen (secondary N) is 1. The molecule has 1 rings (SSSR count). The van der Waals surface area contributed by atoms with Crippen LogP contribution in [0.4, 0.5) is 5.82 Å². The Morgan fingerprint density at radius 1 is 1.36 bits per heavy atom. The van der Waals surface area contributed by atoms with Crippen LogP contribution >= 0.6 is 0 Å². The van der Waals surface area contributed by atoms with Crippen LogP contribution in [0.3, 0.4) is 0 Å². The van der Waals surface area contributed by atoms with Crippen LogP contribution in [0, 0.1) is 11.3 Å². The van der Waals surface area contributed by atoms with Crippen LogP contribution in [0.2, 0.25) is 0 Å². The Morgan fingerprint density at radius 3 is 2.55 bits per heavy atom. The first-order valence-corrected chi connectivity index (χ1v) is 6.52. The molecule has 1 N–H and O–H groups in total. The van der Waals surface area contributed by atoms with Crippen molar-refractivity contribution in [2.75, 3.05) is 38.8 Å². The number of aromatic nitrogens is 2. The van der Waals surface area contributed by atoms with E-state index in [0.717, 1.165) is 4.57 Å². The molecular weight excluding hydrogens is 290 g/mol. The third kappa shape index (κ3) is 3.53. The molecule has 0 aliphatic heterocycles. The van der Waals surface area contributed by atoms with Crippen LogP contribution in [0.5, 0.6) is 0 Å². The molecule has 0 unspecified atom stereocenters. The van der Waals surface area contributed by atoms with E-state index in [1.54, 1.807) is 6.07 Å². The number of nitrogens with zero attached hydrogens (tertiary/aromatic N) is 4. The molecule has 120 valence electrons. The molecule has 0 fully saturated rings. The predicted molar refractivity (Wildman–Crippen MR) is 79.8 cm³/mol. The summed E-state index contributed by atoms with van der Waals surface area (Å²) in [6.07, 6.45) is 0. The van der Waals surface area contributed by atoms with E-state index in [1.165, 1.54) is 37.7 Å². The SMILES string of the molecule is COCCNC(=O)CN(C)c1c(C#N)c(=O)n(C)c(=O)n1C. The molecule has 22 heavy (non-hydrogen) atoms. The lowest BCUT2D eigenvalue weighted by molar-refractivity contribution is -0.119. The summed E-state index contributed by atoms with van der Waals surface area (Å²) in [5, 5.41) is 11.8. The molecule has 1 aromatic rings. The summed E-state index contributed by atoms with van der Waals surface area (Å²) >= 11 is 0. The van der Waals surface area contributed by atoms with Gasteiger partial charge in [0.05, 0.1) is 13.2 Å². The third-order valence-electron chi connectivity index (χ3n) is 3.12. The van der Waals surface area contributed by atoms with Crippen molar-refractivity contribution in [2.45, 2.75) is 0 Å². The smallest absolute Gasteiger partial charge is 0.332 e. The summed E-state index contributed by atoms with van der Waals surface area (Å²) in [6, 6.07) is 1.79. The molecule has 0 atom stereocenters. The van der Waals surface area contributed by atoms with Gasteiger partial charge in [0.15, 0.2) is 5.56 Å². The van der Waals surface area contributed by atoms with Crippen LogP contribution in [-0.4, -0.2) is 48.9 Å². The van der Waals surface area contributed by atoms with Crippen molar-refractivity contribution in [3.05, 3.63) is 26.4 Å². The second-order valence-corrected chi connectivity index (χ2v) is 4.71. The number of hydrogen-bond acceptors (Lipinski definition) is 6. The molecule has 0 saturated heterocycles. The molecule has 1 heterocycles. The number of nitriles is 1. The lowest BCUT2D eigenvalue weighted by atomic mass is 10.3. The van der Waals surface area contributed by atoms with E-state index in [1.807, 2.05) is 0 Å². The molecule has 9 heteroatoms. The van der Waals surface area contributed by atoms with Gasteiger partial charge in [0.25, 0.3) is 5.56 Å². The number of methoxy groups -OCH3 is 1. The van der Waals surface area contributed by atoms with Gasteiger partial charge in [-0.1, -0.05) is 0 Å². The van der Waals surface area contributed by atoms with E-state index in [4.69, 9.17) is 4.74 Å². The minimum absolute atomic E-state index is 0.0984. The van der Waals surface area contributed by atoms with Crippen molar-refractivity contribution in [1.82, 2.24) is 14.5 Å². The van der Waals surface area contributed by atoms with Gasteiger partial charge in [0.1, 0.15) is 11.9 Å². The van der Waals surface area contributed by atoms with E-state index in [9.17, 15) is 19.6 Å². The number of likely N-dealkylation sites (N-methyl/N-ethyl adjacent to an activating group) is 1. The molecule has 9 nitrogen and oxygen atoms in total. The normalized spacial score (nSPS) is 10.1. The molecular formula is C13H19N5O4. The molecule has 0 saturated carbocycles. The van der Waals surface area contributed by atoms with Gasteiger partial charge in [-0.25, -0.2) is 4.79 Å². The highest BCUT2D eigenvalue weighted by Gasteiger charge is 2.20. The lowest BCUT2D eigenvalue weighted by Crippen LogP contribution is -2.44. The van der Waals surface area contributed by atoms with Crippen molar-refractivity contribution in [1.29, 1.82) is 5.26 Å². The van der Waals surface area contributed by atoms with Crippen LogP contribution in [0.15, 0.2) is 9.59 Å². The first kappa shape index (κ1) is 17.5. The highest BCUT2D eigenvalue weighted by Crippen LogP contribution is 2.11. The maximum absolute atomic E-state index is 12.0. The van der Waals surface area contributed by atoms with Crippen molar-refractivity contribution >= 4 is 11.7 Å². The second-order valence-electron chi connectivity index (χ2n) is 4.71. The lowest BCUT2D eigenvalue weighted by Gasteiger charge is -2.22. The Kier molecular flexibility index (Phi) is 5.89. The number of ether oxygens (including phenoxy) is 1. The van der Waals surface area contributed by atoms with Gasteiger partial charge < -0.3 is 15.0 Å².